The molecular formula is C41H39Cl4N7O8S4. The lowest BCUT2D eigenvalue weighted by Crippen LogP contribution is -2.31. The number of hydrogen-bond acceptors (Lipinski definition) is 11. The van der Waals surface area contributed by atoms with Gasteiger partial charge < -0.3 is 15.5 Å². The Morgan fingerprint density at radius 1 is 0.672 bits per heavy atom. The van der Waals surface area contributed by atoms with Crippen LogP contribution >= 0.6 is 69.1 Å². The number of fused-ring (bicyclic) bond motifs is 6. The molecule has 4 heterocycles. The van der Waals surface area contributed by atoms with E-state index in [1.54, 1.807) is 45.8 Å². The summed E-state index contributed by atoms with van der Waals surface area (Å²) in [6.07, 6.45) is 4.52. The van der Waals surface area contributed by atoms with Gasteiger partial charge >= 0.3 is 20.2 Å². The second-order valence-corrected chi connectivity index (χ2v) is 22.5. The van der Waals surface area contributed by atoms with Crippen molar-refractivity contribution in [3.63, 3.8) is 0 Å². The van der Waals surface area contributed by atoms with Crippen LogP contribution in [0.15, 0.2) is 56.9 Å². The summed E-state index contributed by atoms with van der Waals surface area (Å²) >= 11 is 27.4. The van der Waals surface area contributed by atoms with E-state index in [0.29, 0.717) is 131 Å². The molecule has 4 N–H and O–H groups in total. The molecule has 0 unspecified atom stereocenters. The average Bonchev–Trinajstić information content (AvgIpc) is 3.98. The summed E-state index contributed by atoms with van der Waals surface area (Å²) in [7, 11) is -7.00. The van der Waals surface area contributed by atoms with E-state index in [1.165, 1.54) is 12.1 Å². The predicted octanol–water partition coefficient (Wildman–Crippen LogP) is 8.47. The zero-order chi connectivity index (χ0) is 45.7. The van der Waals surface area contributed by atoms with Crippen LogP contribution in [-0.4, -0.2) is 95.4 Å². The van der Waals surface area contributed by atoms with Crippen LogP contribution in [0, 0.1) is 0 Å². The molecule has 2 aliphatic carbocycles. The van der Waals surface area contributed by atoms with Crippen LogP contribution in [0.25, 0.3) is 32.5 Å². The number of halogens is 4. The highest BCUT2D eigenvalue weighted by Gasteiger charge is 2.33. The topological polar surface area (TPSA) is 206 Å². The van der Waals surface area contributed by atoms with Gasteiger partial charge in [-0.1, -0.05) is 46.4 Å². The van der Waals surface area contributed by atoms with Crippen molar-refractivity contribution in [1.29, 1.82) is 0 Å². The third kappa shape index (κ3) is 9.67. The summed E-state index contributed by atoms with van der Waals surface area (Å²) in [5, 5.41) is 16.8. The SMILES string of the molecule is CN(CCCNC(=O)c1nn(-c2ccc(Cl)cc2Cl)c2c1CCCc1cc(S(=O)(=O)O)sc1-2)CCCNC(=O)c1nn(-c2ccc(Cl)cc2Cl)c2c1CCCc1cc(S(=O)(=O)O)sc1-2. The quantitative estimate of drug-likeness (QED) is 0.0602. The summed E-state index contributed by atoms with van der Waals surface area (Å²) in [6.45, 7) is 1.94. The number of rotatable bonds is 14. The highest BCUT2D eigenvalue weighted by molar-refractivity contribution is 7.88. The standard InChI is InChI=1S/C41H39Cl4N7O8S4/c1-50(16-4-14-46-40(53)34-26-8-2-6-22-18-32(63(55,56)57)61-38(22)36(26)51(48-34)30-12-10-24(42)20-28(30)44)17-5-15-47-41(54)35-27-9-3-7-23-19-33(64(58,59)60)62-39(23)37(27)52(49-35)31-13-11-25(43)21-29(31)45/h10-13,18-21H,2-9,14-17H2,1H3,(H,46,53)(H,47,54)(H,55,56,57)(H,58,59,60). The van der Waals surface area contributed by atoms with Crippen LogP contribution in [0.1, 0.15) is 68.9 Å². The van der Waals surface area contributed by atoms with Gasteiger partial charge in [0, 0.05) is 34.3 Å². The number of aryl methyl sites for hydroxylation is 2. The number of nitrogens with one attached hydrogen (secondary N) is 2. The average molecular weight is 1030 g/mol. The van der Waals surface area contributed by atoms with Crippen molar-refractivity contribution in [3.05, 3.63) is 102 Å². The number of carbonyl (C=O) groups is 2. The molecule has 2 aromatic carbocycles. The second-order valence-electron chi connectivity index (χ2n) is 15.4. The van der Waals surface area contributed by atoms with Crippen molar-refractivity contribution in [2.45, 2.75) is 59.8 Å². The van der Waals surface area contributed by atoms with Gasteiger partial charge in [-0.25, -0.2) is 9.36 Å². The van der Waals surface area contributed by atoms with E-state index in [2.05, 4.69) is 15.5 Å². The fourth-order valence-corrected chi connectivity index (χ4v) is 12.9. The first-order valence-corrected chi connectivity index (χ1v) is 26.0. The number of thiophene rings is 2. The van der Waals surface area contributed by atoms with Gasteiger partial charge in [0.2, 0.25) is 0 Å². The first kappa shape index (κ1) is 46.7. The molecule has 15 nitrogen and oxygen atoms in total. The van der Waals surface area contributed by atoms with Gasteiger partial charge in [-0.3, -0.25) is 18.7 Å². The third-order valence-electron chi connectivity index (χ3n) is 10.9. The molecule has 6 aromatic rings. The molecule has 8 rings (SSSR count). The number of amides is 2. The lowest BCUT2D eigenvalue weighted by Gasteiger charge is -2.16. The number of benzene rings is 2. The minimum Gasteiger partial charge on any atom is -0.351 e. The van der Waals surface area contributed by atoms with Crippen LogP contribution in [0.4, 0.5) is 0 Å². The van der Waals surface area contributed by atoms with Crippen molar-refractivity contribution in [3.8, 4) is 32.5 Å². The molecule has 0 fully saturated rings. The summed E-state index contributed by atoms with van der Waals surface area (Å²) in [4.78, 5) is 30.8. The van der Waals surface area contributed by atoms with Gasteiger partial charge in [-0.15, -0.1) is 22.7 Å². The van der Waals surface area contributed by atoms with Crippen molar-refractivity contribution in [2.24, 2.45) is 0 Å². The maximum Gasteiger partial charge on any atom is 0.304 e. The Morgan fingerprint density at radius 2 is 1.08 bits per heavy atom. The van der Waals surface area contributed by atoms with Gasteiger partial charge in [-0.05, 0) is 131 Å². The van der Waals surface area contributed by atoms with Gasteiger partial charge in [-0.2, -0.15) is 27.0 Å². The third-order valence-corrected chi connectivity index (χ3v) is 17.0. The molecule has 0 saturated carbocycles. The first-order valence-electron chi connectivity index (χ1n) is 20.0. The Hall–Kier alpha value is -3.86. The monoisotopic (exact) mass is 1030 g/mol. The largest absolute Gasteiger partial charge is 0.351 e. The van der Waals surface area contributed by atoms with Crippen molar-refractivity contribution >= 4 is 101 Å². The van der Waals surface area contributed by atoms with Crippen LogP contribution < -0.4 is 10.6 Å². The lowest BCUT2D eigenvalue weighted by molar-refractivity contribution is 0.0939. The van der Waals surface area contributed by atoms with Crippen LogP contribution in [0.5, 0.6) is 0 Å². The molecule has 2 aliphatic rings. The Balaban J connectivity index is 0.907. The second kappa shape index (κ2) is 18.8. The number of carbonyl (C=O) groups excluding carboxylic acids is 2. The summed E-state index contributed by atoms with van der Waals surface area (Å²) < 4.78 is 70.9. The van der Waals surface area contributed by atoms with E-state index in [-0.39, 0.29) is 29.9 Å². The molecular weight excluding hydrogens is 989 g/mol. The molecule has 0 bridgehead atoms. The number of hydrogen-bond donors (Lipinski definition) is 4. The van der Waals surface area contributed by atoms with E-state index in [4.69, 9.17) is 56.6 Å². The fraction of sp³-hybridized carbons (Fsp3) is 0.317. The molecule has 338 valence electrons. The van der Waals surface area contributed by atoms with Gasteiger partial charge in [0.25, 0.3) is 11.8 Å². The molecule has 2 amide bonds. The zero-order valence-electron chi connectivity index (χ0n) is 33.8. The van der Waals surface area contributed by atoms with Crippen molar-refractivity contribution in [2.75, 3.05) is 33.2 Å². The number of nitrogens with zero attached hydrogens (tertiary/aromatic N) is 5. The summed E-state index contributed by atoms with van der Waals surface area (Å²) in [5.41, 5.74) is 5.09. The van der Waals surface area contributed by atoms with E-state index in [9.17, 15) is 35.5 Å². The molecule has 64 heavy (non-hydrogen) atoms. The Bertz CT molecular complexity index is 2850. The molecule has 0 atom stereocenters. The van der Waals surface area contributed by atoms with E-state index in [1.807, 2.05) is 7.05 Å². The van der Waals surface area contributed by atoms with Crippen LogP contribution in [0.3, 0.4) is 0 Å². The number of aromatic nitrogens is 4. The van der Waals surface area contributed by atoms with Gasteiger partial charge in [0.15, 0.2) is 11.4 Å². The Kier molecular flexibility index (Phi) is 13.7. The summed E-state index contributed by atoms with van der Waals surface area (Å²) in [5.74, 6) is -0.790. The minimum atomic E-state index is -4.47. The van der Waals surface area contributed by atoms with Crippen molar-refractivity contribution < 1.29 is 35.5 Å². The molecule has 4 aromatic heterocycles. The van der Waals surface area contributed by atoms with E-state index in [0.717, 1.165) is 33.8 Å². The normalized spacial score (nSPS) is 13.8. The fourth-order valence-electron chi connectivity index (χ4n) is 7.99. The molecule has 23 heteroatoms. The molecule has 0 radical (unpaired) electrons. The van der Waals surface area contributed by atoms with Crippen LogP contribution in [0.2, 0.25) is 20.1 Å². The smallest absolute Gasteiger partial charge is 0.304 e. The van der Waals surface area contributed by atoms with Gasteiger partial charge in [0.1, 0.15) is 8.42 Å². The van der Waals surface area contributed by atoms with Crippen LogP contribution in [-0.2, 0) is 45.9 Å². The maximum absolute atomic E-state index is 13.8. The van der Waals surface area contributed by atoms with Gasteiger partial charge in [0.05, 0.1) is 42.6 Å². The molecule has 0 aliphatic heterocycles. The maximum atomic E-state index is 13.8. The molecule has 0 saturated heterocycles. The minimum absolute atomic E-state index is 0.191. The summed E-state index contributed by atoms with van der Waals surface area (Å²) in [6, 6.07) is 12.7. The lowest BCUT2D eigenvalue weighted by atomic mass is 10.1. The Labute approximate surface area is 396 Å². The highest BCUT2D eigenvalue weighted by atomic mass is 35.5. The molecule has 0 spiro atoms. The Morgan fingerprint density at radius 3 is 1.45 bits per heavy atom. The van der Waals surface area contributed by atoms with Crippen molar-refractivity contribution in [1.82, 2.24) is 35.1 Å². The highest BCUT2D eigenvalue weighted by Crippen LogP contribution is 2.45. The first-order chi connectivity index (χ1) is 30.4. The zero-order valence-corrected chi connectivity index (χ0v) is 40.1. The van der Waals surface area contributed by atoms with E-state index < -0.39 is 32.1 Å². The van der Waals surface area contributed by atoms with E-state index >= 15 is 0 Å². The predicted molar refractivity (Wildman–Crippen MR) is 249 cm³/mol.